The predicted molar refractivity (Wildman–Crippen MR) is 112 cm³/mol. The highest BCUT2D eigenvalue weighted by molar-refractivity contribution is 7.92. The fourth-order valence-electron chi connectivity index (χ4n) is 2.88. The molecule has 0 aromatic heterocycles. The molecular weight excluding hydrogens is 390 g/mol. The zero-order chi connectivity index (χ0) is 20.9. The highest BCUT2D eigenvalue weighted by atomic mass is 32.2. The molecule has 0 spiro atoms. The first-order chi connectivity index (χ1) is 14.0. The molecule has 0 atom stereocenters. The number of ether oxygens (including phenoxy) is 3. The highest BCUT2D eigenvalue weighted by Crippen LogP contribution is 2.29. The van der Waals surface area contributed by atoms with E-state index in [0.29, 0.717) is 22.9 Å². The number of rotatable bonds is 8. The zero-order valence-electron chi connectivity index (χ0n) is 16.5. The fraction of sp³-hybridized carbons (Fsp3) is 0.182. The van der Waals surface area contributed by atoms with Gasteiger partial charge in [-0.05, 0) is 66.2 Å². The lowest BCUT2D eigenvalue weighted by molar-refractivity contribution is 0.414. The third-order valence-electron chi connectivity index (χ3n) is 4.47. The monoisotopic (exact) mass is 413 g/mol. The van der Waals surface area contributed by atoms with Gasteiger partial charge in [-0.2, -0.15) is 0 Å². The van der Waals surface area contributed by atoms with E-state index in [1.165, 1.54) is 23.5 Å². The van der Waals surface area contributed by atoms with Gasteiger partial charge in [-0.1, -0.05) is 12.1 Å². The van der Waals surface area contributed by atoms with Gasteiger partial charge >= 0.3 is 0 Å². The van der Waals surface area contributed by atoms with E-state index in [2.05, 4.69) is 0 Å². The topological polar surface area (TPSA) is 65.1 Å². The summed E-state index contributed by atoms with van der Waals surface area (Å²) in [6.07, 6.45) is 0. The van der Waals surface area contributed by atoms with E-state index >= 15 is 0 Å². The largest absolute Gasteiger partial charge is 0.497 e. The summed E-state index contributed by atoms with van der Waals surface area (Å²) >= 11 is 0. The number of methoxy groups -OCH3 is 3. The van der Waals surface area contributed by atoms with Gasteiger partial charge in [0, 0.05) is 0 Å². The molecule has 0 aliphatic heterocycles. The second kappa shape index (κ2) is 8.87. The van der Waals surface area contributed by atoms with Gasteiger partial charge in [-0.25, -0.2) is 8.42 Å². The van der Waals surface area contributed by atoms with Crippen molar-refractivity contribution in [2.45, 2.75) is 11.4 Å². The molecule has 0 aliphatic carbocycles. The average molecular weight is 413 g/mol. The fourth-order valence-corrected chi connectivity index (χ4v) is 4.33. The van der Waals surface area contributed by atoms with Gasteiger partial charge in [-0.3, -0.25) is 4.31 Å². The van der Waals surface area contributed by atoms with E-state index in [1.54, 1.807) is 50.6 Å². The van der Waals surface area contributed by atoms with Crippen molar-refractivity contribution in [2.75, 3.05) is 25.6 Å². The smallest absolute Gasteiger partial charge is 0.264 e. The van der Waals surface area contributed by atoms with Gasteiger partial charge in [0.1, 0.15) is 17.2 Å². The molecule has 0 heterocycles. The Labute approximate surface area is 171 Å². The molecule has 0 aliphatic rings. The third kappa shape index (κ3) is 4.63. The van der Waals surface area contributed by atoms with Crippen LogP contribution in [0, 0.1) is 0 Å². The highest BCUT2D eigenvalue weighted by Gasteiger charge is 2.25. The van der Waals surface area contributed by atoms with Crippen molar-refractivity contribution in [2.24, 2.45) is 0 Å². The molecule has 3 aromatic carbocycles. The number of anilines is 1. The first-order valence-corrected chi connectivity index (χ1v) is 10.4. The van der Waals surface area contributed by atoms with Crippen molar-refractivity contribution in [3.8, 4) is 17.2 Å². The minimum atomic E-state index is -3.82. The van der Waals surface area contributed by atoms with Crippen molar-refractivity contribution >= 4 is 15.7 Å². The van der Waals surface area contributed by atoms with Crippen LogP contribution in [0.25, 0.3) is 0 Å². The van der Waals surface area contributed by atoms with Crippen molar-refractivity contribution < 1.29 is 22.6 Å². The normalized spacial score (nSPS) is 11.0. The molecule has 7 heteroatoms. The first kappa shape index (κ1) is 20.5. The molecular formula is C22H23NO5S. The second-order valence-electron chi connectivity index (χ2n) is 6.24. The van der Waals surface area contributed by atoms with Gasteiger partial charge in [0.05, 0.1) is 38.5 Å². The molecule has 0 saturated carbocycles. The van der Waals surface area contributed by atoms with Crippen LogP contribution < -0.4 is 18.5 Å². The lowest BCUT2D eigenvalue weighted by Gasteiger charge is -2.25. The quantitative estimate of drug-likeness (QED) is 0.556. The molecule has 0 saturated heterocycles. The van der Waals surface area contributed by atoms with Crippen LogP contribution in [0.15, 0.2) is 77.7 Å². The lowest BCUT2D eigenvalue weighted by Crippen LogP contribution is -2.30. The van der Waals surface area contributed by atoms with Gasteiger partial charge < -0.3 is 14.2 Å². The number of benzene rings is 3. The molecule has 0 radical (unpaired) electrons. The number of nitrogens with zero attached hydrogens (tertiary/aromatic N) is 1. The van der Waals surface area contributed by atoms with Gasteiger partial charge in [0.2, 0.25) is 0 Å². The second-order valence-corrected chi connectivity index (χ2v) is 8.10. The number of hydrogen-bond donors (Lipinski definition) is 0. The van der Waals surface area contributed by atoms with E-state index in [4.69, 9.17) is 14.2 Å². The van der Waals surface area contributed by atoms with Crippen LogP contribution in [-0.4, -0.2) is 29.7 Å². The molecule has 29 heavy (non-hydrogen) atoms. The Morgan fingerprint density at radius 3 is 1.83 bits per heavy atom. The van der Waals surface area contributed by atoms with Gasteiger partial charge in [-0.15, -0.1) is 0 Å². The van der Waals surface area contributed by atoms with Crippen LogP contribution in [0.1, 0.15) is 5.56 Å². The van der Waals surface area contributed by atoms with Crippen molar-refractivity contribution in [3.63, 3.8) is 0 Å². The maximum Gasteiger partial charge on any atom is 0.264 e. The molecule has 0 unspecified atom stereocenters. The van der Waals surface area contributed by atoms with E-state index in [-0.39, 0.29) is 11.4 Å². The molecule has 3 rings (SSSR count). The van der Waals surface area contributed by atoms with E-state index in [9.17, 15) is 8.42 Å². The minimum absolute atomic E-state index is 0.151. The van der Waals surface area contributed by atoms with Crippen molar-refractivity contribution in [3.05, 3.63) is 78.4 Å². The summed E-state index contributed by atoms with van der Waals surface area (Å²) in [6.45, 7) is 0.151. The number of hydrogen-bond acceptors (Lipinski definition) is 5. The summed E-state index contributed by atoms with van der Waals surface area (Å²) in [5, 5.41) is 0. The van der Waals surface area contributed by atoms with Crippen molar-refractivity contribution in [1.29, 1.82) is 0 Å². The van der Waals surface area contributed by atoms with E-state index < -0.39 is 10.0 Å². The van der Waals surface area contributed by atoms with Crippen LogP contribution in [0.3, 0.4) is 0 Å². The predicted octanol–water partition coefficient (Wildman–Crippen LogP) is 4.11. The molecule has 0 amide bonds. The Bertz CT molecular complexity index is 1050. The van der Waals surface area contributed by atoms with Crippen LogP contribution in [0.5, 0.6) is 17.2 Å². The van der Waals surface area contributed by atoms with Crippen LogP contribution in [0.2, 0.25) is 0 Å². The molecule has 0 fully saturated rings. The van der Waals surface area contributed by atoms with E-state index in [1.807, 2.05) is 24.3 Å². The summed E-state index contributed by atoms with van der Waals surface area (Å²) < 4.78 is 43.9. The summed E-state index contributed by atoms with van der Waals surface area (Å²) in [4.78, 5) is 0.178. The summed E-state index contributed by atoms with van der Waals surface area (Å²) in [5.74, 6) is 1.91. The maximum atomic E-state index is 13.5. The Balaban J connectivity index is 2.04. The molecule has 3 aromatic rings. The third-order valence-corrected chi connectivity index (χ3v) is 6.26. The van der Waals surface area contributed by atoms with Crippen LogP contribution in [-0.2, 0) is 16.6 Å². The molecule has 6 nitrogen and oxygen atoms in total. The Morgan fingerprint density at radius 2 is 1.28 bits per heavy atom. The molecule has 0 bridgehead atoms. The number of sulfonamides is 1. The molecule has 152 valence electrons. The van der Waals surface area contributed by atoms with Gasteiger partial charge in [0.15, 0.2) is 0 Å². The lowest BCUT2D eigenvalue weighted by atomic mass is 10.2. The Morgan fingerprint density at radius 1 is 0.724 bits per heavy atom. The van der Waals surface area contributed by atoms with Gasteiger partial charge in [0.25, 0.3) is 10.0 Å². The zero-order valence-corrected chi connectivity index (χ0v) is 17.3. The molecule has 0 N–H and O–H groups in total. The first-order valence-electron chi connectivity index (χ1n) is 8.91. The van der Waals surface area contributed by atoms with Crippen molar-refractivity contribution in [1.82, 2.24) is 0 Å². The van der Waals surface area contributed by atoms with Crippen LogP contribution in [0.4, 0.5) is 5.69 Å². The van der Waals surface area contributed by atoms with Crippen LogP contribution >= 0.6 is 0 Å². The SMILES string of the molecule is COc1ccc(N(Cc2cccc(OC)c2)S(=O)(=O)c2ccc(OC)cc2)cc1. The minimum Gasteiger partial charge on any atom is -0.497 e. The Kier molecular flexibility index (Phi) is 6.29. The maximum absolute atomic E-state index is 13.5. The summed E-state index contributed by atoms with van der Waals surface area (Å²) in [7, 11) is 0.862. The average Bonchev–Trinajstić information content (AvgIpc) is 2.77. The Hall–Kier alpha value is -3.19. The standard InChI is InChI=1S/C22H23NO5S/c1-26-19-9-7-18(8-10-19)23(16-17-5-4-6-21(15-17)28-3)29(24,25)22-13-11-20(27-2)12-14-22/h4-15H,16H2,1-3H3. The van der Waals surface area contributed by atoms with E-state index in [0.717, 1.165) is 5.56 Å². The summed E-state index contributed by atoms with van der Waals surface area (Å²) in [5.41, 5.74) is 1.33. The summed E-state index contributed by atoms with van der Waals surface area (Å²) in [6, 6.07) is 20.6.